The highest BCUT2D eigenvalue weighted by Crippen LogP contribution is 2.32. The van der Waals surface area contributed by atoms with Crippen molar-refractivity contribution in [1.29, 1.82) is 0 Å². The summed E-state index contributed by atoms with van der Waals surface area (Å²) in [5, 5.41) is 12.2. The zero-order valence-corrected chi connectivity index (χ0v) is 20.7. The largest absolute Gasteiger partial charge is 0.325 e. The van der Waals surface area contributed by atoms with E-state index in [4.69, 9.17) is 0 Å². The lowest BCUT2D eigenvalue weighted by Gasteiger charge is -2.13. The first-order valence-corrected chi connectivity index (χ1v) is 13.2. The molecule has 166 valence electrons. The summed E-state index contributed by atoms with van der Waals surface area (Å²) < 4.78 is 4.28. The molecule has 1 N–H and O–H groups in total. The van der Waals surface area contributed by atoms with Crippen LogP contribution in [0.5, 0.6) is 0 Å². The zero-order valence-electron chi connectivity index (χ0n) is 18.2. The van der Waals surface area contributed by atoms with Crippen molar-refractivity contribution in [2.45, 2.75) is 54.2 Å². The lowest BCUT2D eigenvalue weighted by molar-refractivity contribution is -0.115. The lowest BCUT2D eigenvalue weighted by atomic mass is 10.1. The number of carbonyl (C=O) groups is 1. The van der Waals surface area contributed by atoms with E-state index in [1.165, 1.54) is 22.0 Å². The van der Waals surface area contributed by atoms with E-state index in [-0.39, 0.29) is 11.2 Å². The van der Waals surface area contributed by atoms with Crippen LogP contribution >= 0.6 is 34.9 Å². The number of fused-ring (bicyclic) bond motifs is 1. The quantitative estimate of drug-likeness (QED) is 0.300. The number of rotatable bonds is 9. The summed E-state index contributed by atoms with van der Waals surface area (Å²) in [4.78, 5) is 17.4. The van der Waals surface area contributed by atoms with Crippen molar-refractivity contribution >= 4 is 56.7 Å². The highest BCUT2D eigenvalue weighted by atomic mass is 32.2. The Morgan fingerprint density at radius 2 is 1.91 bits per heavy atom. The summed E-state index contributed by atoms with van der Waals surface area (Å²) in [5.41, 5.74) is 3.08. The van der Waals surface area contributed by atoms with Gasteiger partial charge in [-0.2, -0.15) is 0 Å². The Morgan fingerprint density at radius 3 is 2.62 bits per heavy atom. The van der Waals surface area contributed by atoms with Crippen molar-refractivity contribution in [2.24, 2.45) is 0 Å². The van der Waals surface area contributed by atoms with Crippen LogP contribution in [0, 0.1) is 0 Å². The Balaban J connectivity index is 1.38. The summed E-state index contributed by atoms with van der Waals surface area (Å²) in [6.45, 7) is 6.82. The van der Waals surface area contributed by atoms with Crippen LogP contribution in [0.15, 0.2) is 58.0 Å². The van der Waals surface area contributed by atoms with Gasteiger partial charge in [-0.25, -0.2) is 4.98 Å². The SMILES string of the molecule is CCc1ccc(NC(=O)C(C)Sc2nnc(CSc3nc4ccccc4s3)n2CC)cc1. The average Bonchev–Trinajstić information content (AvgIpc) is 3.41. The maximum absolute atomic E-state index is 12.7. The third-order valence-corrected chi connectivity index (χ3v) is 8.25. The molecule has 9 heteroatoms. The number of anilines is 1. The second-order valence-electron chi connectivity index (χ2n) is 7.18. The molecule has 2 heterocycles. The number of hydrogen-bond acceptors (Lipinski definition) is 7. The molecule has 0 aliphatic carbocycles. The summed E-state index contributed by atoms with van der Waals surface area (Å²) in [6, 6.07) is 16.1. The first-order chi connectivity index (χ1) is 15.6. The lowest BCUT2D eigenvalue weighted by Crippen LogP contribution is -2.23. The number of hydrogen-bond donors (Lipinski definition) is 1. The van der Waals surface area contributed by atoms with E-state index >= 15 is 0 Å². The standard InChI is InChI=1S/C23H25N5OS3/c1-4-16-10-12-17(13-11-16)24-21(29)15(3)31-22-27-26-20(28(22)5-2)14-30-23-25-18-8-6-7-9-19(18)32-23/h6-13,15H,4-5,14H2,1-3H3,(H,24,29). The van der Waals surface area contributed by atoms with Crippen LogP contribution < -0.4 is 5.32 Å². The molecule has 1 atom stereocenters. The first kappa shape index (κ1) is 22.8. The van der Waals surface area contributed by atoms with Gasteiger partial charge in [0.05, 0.1) is 21.2 Å². The summed E-state index contributed by atoms with van der Waals surface area (Å²) in [7, 11) is 0. The number of carbonyl (C=O) groups excluding carboxylic acids is 1. The zero-order chi connectivity index (χ0) is 22.5. The molecule has 0 radical (unpaired) electrons. The minimum absolute atomic E-state index is 0.0460. The predicted molar refractivity (Wildman–Crippen MR) is 135 cm³/mol. The van der Waals surface area contributed by atoms with Gasteiger partial charge in [-0.3, -0.25) is 4.79 Å². The molecule has 0 spiro atoms. The Labute approximate surface area is 200 Å². The molecule has 0 bridgehead atoms. The Hall–Kier alpha value is -2.36. The Kier molecular flexibility index (Phi) is 7.49. The normalized spacial score (nSPS) is 12.2. The van der Waals surface area contributed by atoms with E-state index in [1.54, 1.807) is 23.1 Å². The minimum atomic E-state index is -0.292. The fourth-order valence-corrected chi connectivity index (χ4v) is 6.09. The molecule has 0 saturated carbocycles. The molecule has 0 fully saturated rings. The maximum atomic E-state index is 12.7. The number of para-hydroxylation sites is 1. The molecule has 32 heavy (non-hydrogen) atoms. The minimum Gasteiger partial charge on any atom is -0.325 e. The van der Waals surface area contributed by atoms with Crippen LogP contribution in [-0.2, 0) is 23.5 Å². The van der Waals surface area contributed by atoms with E-state index in [9.17, 15) is 4.79 Å². The smallest absolute Gasteiger partial charge is 0.237 e. The van der Waals surface area contributed by atoms with E-state index in [0.717, 1.165) is 39.5 Å². The number of aryl methyl sites for hydroxylation is 1. The third kappa shape index (κ3) is 5.33. The van der Waals surface area contributed by atoms with Crippen LogP contribution in [0.3, 0.4) is 0 Å². The van der Waals surface area contributed by atoms with Gasteiger partial charge in [-0.1, -0.05) is 54.7 Å². The van der Waals surface area contributed by atoms with Gasteiger partial charge in [0, 0.05) is 12.2 Å². The molecule has 6 nitrogen and oxygen atoms in total. The Morgan fingerprint density at radius 1 is 1.12 bits per heavy atom. The van der Waals surface area contributed by atoms with Crippen LogP contribution in [-0.4, -0.2) is 30.9 Å². The summed E-state index contributed by atoms with van der Waals surface area (Å²) in [5.74, 6) is 1.53. The van der Waals surface area contributed by atoms with Crippen molar-refractivity contribution < 1.29 is 4.79 Å². The Bertz CT molecular complexity index is 1170. The number of benzene rings is 2. The van der Waals surface area contributed by atoms with E-state index in [0.29, 0.717) is 5.75 Å². The van der Waals surface area contributed by atoms with Gasteiger partial charge < -0.3 is 9.88 Å². The van der Waals surface area contributed by atoms with Crippen molar-refractivity contribution in [1.82, 2.24) is 19.7 Å². The molecular weight excluding hydrogens is 458 g/mol. The summed E-state index contributed by atoms with van der Waals surface area (Å²) in [6.07, 6.45) is 0.979. The van der Waals surface area contributed by atoms with Gasteiger partial charge in [-0.05, 0) is 50.1 Å². The second kappa shape index (κ2) is 10.5. The number of thioether (sulfide) groups is 2. The highest BCUT2D eigenvalue weighted by Gasteiger charge is 2.20. The second-order valence-corrected chi connectivity index (χ2v) is 10.7. The van der Waals surface area contributed by atoms with Gasteiger partial charge in [0.1, 0.15) is 5.82 Å². The monoisotopic (exact) mass is 483 g/mol. The molecule has 4 aromatic rings. The molecule has 1 amide bonds. The fourth-order valence-electron chi connectivity index (χ4n) is 3.15. The maximum Gasteiger partial charge on any atom is 0.237 e. The van der Waals surface area contributed by atoms with E-state index < -0.39 is 0 Å². The predicted octanol–water partition coefficient (Wildman–Crippen LogP) is 5.88. The molecular formula is C23H25N5OS3. The van der Waals surface area contributed by atoms with Gasteiger partial charge in [0.2, 0.25) is 5.91 Å². The van der Waals surface area contributed by atoms with Gasteiger partial charge >= 0.3 is 0 Å². The van der Waals surface area contributed by atoms with E-state index in [2.05, 4.69) is 45.0 Å². The van der Waals surface area contributed by atoms with Crippen LogP contribution in [0.4, 0.5) is 5.69 Å². The first-order valence-electron chi connectivity index (χ1n) is 10.5. The van der Waals surface area contributed by atoms with Crippen molar-refractivity contribution in [3.8, 4) is 0 Å². The van der Waals surface area contributed by atoms with Crippen LogP contribution in [0.1, 0.15) is 32.2 Å². The molecule has 1 unspecified atom stereocenters. The molecule has 4 rings (SSSR count). The molecule has 0 aliphatic rings. The third-order valence-electron chi connectivity index (χ3n) is 4.99. The topological polar surface area (TPSA) is 72.7 Å². The van der Waals surface area contributed by atoms with Crippen molar-refractivity contribution in [2.75, 3.05) is 5.32 Å². The number of nitrogens with one attached hydrogen (secondary N) is 1. The molecule has 2 aromatic heterocycles. The molecule has 2 aromatic carbocycles. The molecule has 0 saturated heterocycles. The molecule has 0 aliphatic heterocycles. The number of amides is 1. The number of aromatic nitrogens is 4. The van der Waals surface area contributed by atoms with Gasteiger partial charge in [0.25, 0.3) is 0 Å². The average molecular weight is 484 g/mol. The van der Waals surface area contributed by atoms with Crippen molar-refractivity contribution in [3.05, 3.63) is 59.9 Å². The fraction of sp³-hybridized carbons (Fsp3) is 0.304. The van der Waals surface area contributed by atoms with Crippen LogP contribution in [0.2, 0.25) is 0 Å². The highest BCUT2D eigenvalue weighted by molar-refractivity contribution is 8.00. The number of thiazole rings is 1. The number of nitrogens with zero attached hydrogens (tertiary/aromatic N) is 4. The van der Waals surface area contributed by atoms with E-state index in [1.807, 2.05) is 49.4 Å². The van der Waals surface area contributed by atoms with Gasteiger partial charge in [-0.15, -0.1) is 21.5 Å². The van der Waals surface area contributed by atoms with Crippen LogP contribution in [0.25, 0.3) is 10.2 Å². The van der Waals surface area contributed by atoms with Gasteiger partial charge in [0.15, 0.2) is 9.50 Å². The summed E-state index contributed by atoms with van der Waals surface area (Å²) >= 11 is 4.79. The van der Waals surface area contributed by atoms with Crippen molar-refractivity contribution in [3.63, 3.8) is 0 Å².